The van der Waals surface area contributed by atoms with Crippen molar-refractivity contribution in [1.82, 2.24) is 0 Å². The van der Waals surface area contributed by atoms with Crippen LogP contribution in [0.5, 0.6) is 0 Å². The summed E-state index contributed by atoms with van der Waals surface area (Å²) in [4.78, 5) is 0. The van der Waals surface area contributed by atoms with Gasteiger partial charge in [0.15, 0.2) is 11.6 Å². The van der Waals surface area contributed by atoms with Gasteiger partial charge in [-0.2, -0.15) is 0 Å². The van der Waals surface area contributed by atoms with Crippen molar-refractivity contribution in [2.75, 3.05) is 0 Å². The van der Waals surface area contributed by atoms with Gasteiger partial charge in [0.05, 0.1) is 10.6 Å². The molecule has 1 unspecified atom stereocenters. The summed E-state index contributed by atoms with van der Waals surface area (Å²) in [6, 6.07) is 8.01. The molecule has 19 heavy (non-hydrogen) atoms. The molecule has 5 heteroatoms. The van der Waals surface area contributed by atoms with Crippen LogP contribution in [-0.2, 0) is 6.42 Å². The van der Waals surface area contributed by atoms with E-state index in [2.05, 4.69) is 15.9 Å². The SMILES string of the molecule is OC(Cc1cccc(F)c1)c1ccc(F)c(F)c1Br. The molecule has 2 rings (SSSR count). The minimum atomic E-state index is -1.05. The highest BCUT2D eigenvalue weighted by Crippen LogP contribution is 2.29. The topological polar surface area (TPSA) is 20.2 Å². The van der Waals surface area contributed by atoms with E-state index in [4.69, 9.17) is 0 Å². The molecule has 2 aromatic rings. The number of aliphatic hydroxyl groups excluding tert-OH is 1. The molecular formula is C14H10BrF3O. The first-order chi connectivity index (χ1) is 8.99. The Bertz CT molecular complexity index is 601. The molecule has 0 aromatic heterocycles. The molecule has 1 atom stereocenters. The molecule has 0 saturated carbocycles. The van der Waals surface area contributed by atoms with Crippen LogP contribution >= 0.6 is 15.9 Å². The zero-order chi connectivity index (χ0) is 14.0. The summed E-state index contributed by atoms with van der Waals surface area (Å²) in [5.74, 6) is -2.45. The maximum Gasteiger partial charge on any atom is 0.173 e. The number of aliphatic hydroxyl groups is 1. The highest BCUT2D eigenvalue weighted by Gasteiger charge is 2.17. The van der Waals surface area contributed by atoms with Crippen LogP contribution < -0.4 is 0 Å². The summed E-state index contributed by atoms with van der Waals surface area (Å²) >= 11 is 2.91. The van der Waals surface area contributed by atoms with Crippen molar-refractivity contribution in [3.8, 4) is 0 Å². The molecule has 0 heterocycles. The maximum atomic E-state index is 13.4. The fourth-order valence-corrected chi connectivity index (χ4v) is 2.38. The Labute approximate surface area is 116 Å². The van der Waals surface area contributed by atoms with E-state index in [-0.39, 0.29) is 16.5 Å². The van der Waals surface area contributed by atoms with Gasteiger partial charge in [-0.15, -0.1) is 0 Å². The fourth-order valence-electron chi connectivity index (χ4n) is 1.80. The first-order valence-electron chi connectivity index (χ1n) is 5.55. The smallest absolute Gasteiger partial charge is 0.173 e. The summed E-state index contributed by atoms with van der Waals surface area (Å²) in [5, 5.41) is 10.0. The van der Waals surface area contributed by atoms with Crippen LogP contribution in [0.4, 0.5) is 13.2 Å². The van der Waals surface area contributed by atoms with Crippen molar-refractivity contribution in [1.29, 1.82) is 0 Å². The zero-order valence-electron chi connectivity index (χ0n) is 9.71. The predicted molar refractivity (Wildman–Crippen MR) is 69.1 cm³/mol. The lowest BCUT2D eigenvalue weighted by Crippen LogP contribution is -2.05. The Morgan fingerprint density at radius 3 is 2.53 bits per heavy atom. The molecule has 0 amide bonds. The van der Waals surface area contributed by atoms with Crippen molar-refractivity contribution < 1.29 is 18.3 Å². The van der Waals surface area contributed by atoms with Gasteiger partial charge < -0.3 is 5.11 Å². The van der Waals surface area contributed by atoms with E-state index < -0.39 is 23.6 Å². The second-order valence-electron chi connectivity index (χ2n) is 4.11. The zero-order valence-corrected chi connectivity index (χ0v) is 11.3. The summed E-state index contributed by atoms with van der Waals surface area (Å²) in [6.07, 6.45) is -0.937. The molecule has 0 radical (unpaired) electrons. The minimum absolute atomic E-state index is 0.113. The first-order valence-corrected chi connectivity index (χ1v) is 6.34. The predicted octanol–water partition coefficient (Wildman–Crippen LogP) is 4.14. The number of benzene rings is 2. The maximum absolute atomic E-state index is 13.4. The lowest BCUT2D eigenvalue weighted by atomic mass is 10.0. The van der Waals surface area contributed by atoms with Crippen molar-refractivity contribution >= 4 is 15.9 Å². The van der Waals surface area contributed by atoms with Gasteiger partial charge in [0, 0.05) is 6.42 Å². The van der Waals surface area contributed by atoms with Crippen molar-refractivity contribution in [2.24, 2.45) is 0 Å². The van der Waals surface area contributed by atoms with E-state index in [1.54, 1.807) is 6.07 Å². The molecule has 100 valence electrons. The Morgan fingerprint density at radius 2 is 1.84 bits per heavy atom. The van der Waals surface area contributed by atoms with Crippen LogP contribution in [0.1, 0.15) is 17.2 Å². The second kappa shape index (κ2) is 5.75. The van der Waals surface area contributed by atoms with E-state index in [0.29, 0.717) is 5.56 Å². The van der Waals surface area contributed by atoms with Gasteiger partial charge in [0.1, 0.15) is 5.82 Å². The van der Waals surface area contributed by atoms with Crippen LogP contribution in [0, 0.1) is 17.5 Å². The number of hydrogen-bond acceptors (Lipinski definition) is 1. The Balaban J connectivity index is 2.25. The quantitative estimate of drug-likeness (QED) is 0.838. The Kier molecular flexibility index (Phi) is 4.27. The third-order valence-corrected chi connectivity index (χ3v) is 3.55. The van der Waals surface area contributed by atoms with Gasteiger partial charge in [-0.05, 0) is 45.3 Å². The normalized spacial score (nSPS) is 12.5. The summed E-state index contributed by atoms with van der Waals surface area (Å²) in [5.41, 5.74) is 0.798. The average Bonchev–Trinajstić information content (AvgIpc) is 2.36. The van der Waals surface area contributed by atoms with Gasteiger partial charge in [-0.1, -0.05) is 18.2 Å². The van der Waals surface area contributed by atoms with Gasteiger partial charge >= 0.3 is 0 Å². The van der Waals surface area contributed by atoms with Crippen molar-refractivity contribution in [3.05, 3.63) is 69.4 Å². The van der Waals surface area contributed by atoms with Gasteiger partial charge in [0.25, 0.3) is 0 Å². The monoisotopic (exact) mass is 330 g/mol. The largest absolute Gasteiger partial charge is 0.388 e. The number of rotatable bonds is 3. The van der Waals surface area contributed by atoms with Gasteiger partial charge in [-0.3, -0.25) is 0 Å². The minimum Gasteiger partial charge on any atom is -0.388 e. The Morgan fingerprint density at radius 1 is 1.11 bits per heavy atom. The van der Waals surface area contributed by atoms with Crippen LogP contribution in [0.25, 0.3) is 0 Å². The first kappa shape index (κ1) is 14.1. The van der Waals surface area contributed by atoms with Crippen LogP contribution in [0.3, 0.4) is 0 Å². The number of hydrogen-bond donors (Lipinski definition) is 1. The van der Waals surface area contributed by atoms with Crippen molar-refractivity contribution in [3.63, 3.8) is 0 Å². The third-order valence-electron chi connectivity index (χ3n) is 2.74. The molecule has 0 aliphatic heterocycles. The van der Waals surface area contributed by atoms with E-state index in [9.17, 15) is 18.3 Å². The highest BCUT2D eigenvalue weighted by atomic mass is 79.9. The number of halogens is 4. The summed E-state index contributed by atoms with van der Waals surface area (Å²) in [6.45, 7) is 0. The molecule has 1 nitrogen and oxygen atoms in total. The molecule has 0 fully saturated rings. The molecule has 0 bridgehead atoms. The molecule has 0 aliphatic rings. The molecular weight excluding hydrogens is 321 g/mol. The second-order valence-corrected chi connectivity index (χ2v) is 4.91. The van der Waals surface area contributed by atoms with Crippen LogP contribution in [-0.4, -0.2) is 5.11 Å². The standard InChI is InChI=1S/C14H10BrF3O/c15-13-10(4-5-11(17)14(13)18)12(19)7-8-2-1-3-9(16)6-8/h1-6,12,19H,7H2. The van der Waals surface area contributed by atoms with Gasteiger partial charge in [0.2, 0.25) is 0 Å². The lowest BCUT2D eigenvalue weighted by molar-refractivity contribution is 0.177. The van der Waals surface area contributed by atoms with Crippen LogP contribution in [0.2, 0.25) is 0 Å². The molecule has 0 saturated heterocycles. The van der Waals surface area contributed by atoms with E-state index >= 15 is 0 Å². The van der Waals surface area contributed by atoms with Gasteiger partial charge in [-0.25, -0.2) is 13.2 Å². The van der Waals surface area contributed by atoms with E-state index in [0.717, 1.165) is 6.07 Å². The third kappa shape index (κ3) is 3.16. The highest BCUT2D eigenvalue weighted by molar-refractivity contribution is 9.10. The Hall–Kier alpha value is -1.33. The molecule has 2 aromatic carbocycles. The summed E-state index contributed by atoms with van der Waals surface area (Å²) in [7, 11) is 0. The van der Waals surface area contributed by atoms with E-state index in [1.165, 1.54) is 24.3 Å². The molecule has 0 aliphatic carbocycles. The molecule has 1 N–H and O–H groups in total. The summed E-state index contributed by atoms with van der Waals surface area (Å²) < 4.78 is 39.2. The fraction of sp³-hybridized carbons (Fsp3) is 0.143. The van der Waals surface area contributed by atoms with Crippen molar-refractivity contribution in [2.45, 2.75) is 12.5 Å². The van der Waals surface area contributed by atoms with Crippen LogP contribution in [0.15, 0.2) is 40.9 Å². The van der Waals surface area contributed by atoms with E-state index in [1.807, 2.05) is 0 Å². The lowest BCUT2D eigenvalue weighted by Gasteiger charge is -2.13. The molecule has 0 spiro atoms. The average molecular weight is 331 g/mol.